The number of rotatable bonds is 6. The molecular weight excluding hydrogens is 258 g/mol. The van der Waals surface area contributed by atoms with Crippen LogP contribution in [-0.2, 0) is 9.84 Å². The second-order valence-corrected chi connectivity index (χ2v) is 8.64. The molecule has 0 saturated heterocycles. The topological polar surface area (TPSA) is 46.2 Å². The number of hydrogen-bond acceptors (Lipinski definition) is 3. The maximum atomic E-state index is 12.1. The summed E-state index contributed by atoms with van der Waals surface area (Å²) in [6.07, 6.45) is 12.4. The van der Waals surface area contributed by atoms with E-state index in [0.717, 1.165) is 12.8 Å². The Kier molecular flexibility index (Phi) is 6.14. The Bertz CT molecular complexity index is 339. The average Bonchev–Trinajstić information content (AvgIpc) is 2.71. The van der Waals surface area contributed by atoms with Crippen molar-refractivity contribution in [2.24, 2.45) is 5.92 Å². The summed E-state index contributed by atoms with van der Waals surface area (Å²) < 4.78 is 24.1. The molecule has 0 unspecified atom stereocenters. The summed E-state index contributed by atoms with van der Waals surface area (Å²) in [6.45, 7) is 0.653. The van der Waals surface area contributed by atoms with Gasteiger partial charge >= 0.3 is 0 Å². The van der Waals surface area contributed by atoms with Gasteiger partial charge in [-0.05, 0) is 31.6 Å². The highest BCUT2D eigenvalue weighted by molar-refractivity contribution is 7.91. The van der Waals surface area contributed by atoms with E-state index >= 15 is 0 Å². The van der Waals surface area contributed by atoms with Crippen LogP contribution in [0.2, 0.25) is 0 Å². The smallest absolute Gasteiger partial charge is 0.151 e. The summed E-state index contributed by atoms with van der Waals surface area (Å²) in [5.74, 6) is 1.21. The molecule has 2 rings (SSSR count). The highest BCUT2D eigenvalue weighted by Gasteiger charge is 2.22. The van der Waals surface area contributed by atoms with Crippen LogP contribution in [0, 0.1) is 5.92 Å². The summed E-state index contributed by atoms with van der Waals surface area (Å²) >= 11 is 0. The van der Waals surface area contributed by atoms with Crippen molar-refractivity contribution < 1.29 is 8.42 Å². The molecule has 2 saturated carbocycles. The average molecular weight is 287 g/mol. The first kappa shape index (κ1) is 15.3. The molecule has 3 nitrogen and oxygen atoms in total. The number of hydrogen-bond donors (Lipinski definition) is 1. The van der Waals surface area contributed by atoms with Crippen molar-refractivity contribution in [3.63, 3.8) is 0 Å². The van der Waals surface area contributed by atoms with Gasteiger partial charge in [0.25, 0.3) is 0 Å². The monoisotopic (exact) mass is 287 g/mol. The van der Waals surface area contributed by atoms with Crippen LogP contribution in [0.15, 0.2) is 0 Å². The molecule has 4 heteroatoms. The molecule has 2 aliphatic rings. The zero-order valence-electron chi connectivity index (χ0n) is 12.1. The number of nitrogens with one attached hydrogen (secondary N) is 1. The van der Waals surface area contributed by atoms with Gasteiger partial charge in [-0.1, -0.05) is 38.5 Å². The Morgan fingerprint density at radius 3 is 2.05 bits per heavy atom. The summed E-state index contributed by atoms with van der Waals surface area (Å²) in [5.41, 5.74) is 0. The van der Waals surface area contributed by atoms with Crippen LogP contribution in [0.4, 0.5) is 0 Å². The van der Waals surface area contributed by atoms with Crippen molar-refractivity contribution >= 4 is 9.84 Å². The third-order valence-electron chi connectivity index (χ3n) is 4.67. The van der Waals surface area contributed by atoms with Gasteiger partial charge < -0.3 is 5.32 Å². The second kappa shape index (κ2) is 7.63. The van der Waals surface area contributed by atoms with Crippen LogP contribution in [-0.4, -0.2) is 32.5 Å². The fraction of sp³-hybridized carbons (Fsp3) is 1.00. The standard InChI is InChI=1S/C15H29NO2S/c17-19(18,13-14-7-5-6-8-14)12-11-16-15-9-3-1-2-4-10-15/h14-16H,1-13H2. The van der Waals surface area contributed by atoms with E-state index in [1.54, 1.807) is 0 Å². The van der Waals surface area contributed by atoms with Crippen LogP contribution in [0.3, 0.4) is 0 Å². The Balaban J connectivity index is 1.65. The zero-order chi connectivity index (χ0) is 13.6. The minimum Gasteiger partial charge on any atom is -0.313 e. The van der Waals surface area contributed by atoms with Crippen molar-refractivity contribution in [3.05, 3.63) is 0 Å². The fourth-order valence-electron chi connectivity index (χ4n) is 3.52. The molecule has 0 atom stereocenters. The molecule has 0 amide bonds. The van der Waals surface area contributed by atoms with Gasteiger partial charge in [0.2, 0.25) is 0 Å². The quantitative estimate of drug-likeness (QED) is 0.764. The lowest BCUT2D eigenvalue weighted by atomic mass is 10.1. The van der Waals surface area contributed by atoms with Crippen LogP contribution in [0.25, 0.3) is 0 Å². The van der Waals surface area contributed by atoms with E-state index in [4.69, 9.17) is 0 Å². The molecule has 2 fully saturated rings. The molecule has 0 aliphatic heterocycles. The summed E-state index contributed by atoms with van der Waals surface area (Å²) in [4.78, 5) is 0. The predicted molar refractivity (Wildman–Crippen MR) is 80.1 cm³/mol. The van der Waals surface area contributed by atoms with Gasteiger partial charge in [0, 0.05) is 12.6 Å². The lowest BCUT2D eigenvalue weighted by Gasteiger charge is -2.16. The Morgan fingerprint density at radius 1 is 0.842 bits per heavy atom. The highest BCUT2D eigenvalue weighted by Crippen LogP contribution is 2.26. The molecule has 0 bridgehead atoms. The highest BCUT2D eigenvalue weighted by atomic mass is 32.2. The number of sulfone groups is 1. The van der Waals surface area contributed by atoms with Crippen molar-refractivity contribution in [3.8, 4) is 0 Å². The summed E-state index contributed by atoms with van der Waals surface area (Å²) in [7, 11) is -2.84. The van der Waals surface area contributed by atoms with Gasteiger partial charge in [0.1, 0.15) is 0 Å². The Hall–Kier alpha value is -0.0900. The van der Waals surface area contributed by atoms with E-state index in [-0.39, 0.29) is 0 Å². The predicted octanol–water partition coefficient (Wildman–Crippen LogP) is 2.90. The van der Waals surface area contributed by atoms with Gasteiger partial charge in [-0.25, -0.2) is 8.42 Å². The van der Waals surface area contributed by atoms with Gasteiger partial charge in [-0.3, -0.25) is 0 Å². The Labute approximate surface area is 118 Å². The van der Waals surface area contributed by atoms with Crippen molar-refractivity contribution in [2.75, 3.05) is 18.1 Å². The van der Waals surface area contributed by atoms with E-state index in [2.05, 4.69) is 5.32 Å². The van der Waals surface area contributed by atoms with Crippen LogP contribution in [0.5, 0.6) is 0 Å². The molecule has 0 radical (unpaired) electrons. The molecule has 0 spiro atoms. The first-order valence-electron chi connectivity index (χ1n) is 8.09. The van der Waals surface area contributed by atoms with Gasteiger partial charge in [0.15, 0.2) is 9.84 Å². The van der Waals surface area contributed by atoms with Crippen molar-refractivity contribution in [1.82, 2.24) is 5.32 Å². The van der Waals surface area contributed by atoms with Crippen molar-refractivity contribution in [2.45, 2.75) is 70.3 Å². The molecule has 0 aromatic carbocycles. The third-order valence-corrected chi connectivity index (χ3v) is 6.47. The van der Waals surface area contributed by atoms with Gasteiger partial charge in [-0.2, -0.15) is 0 Å². The van der Waals surface area contributed by atoms with Crippen LogP contribution >= 0.6 is 0 Å². The fourth-order valence-corrected chi connectivity index (χ4v) is 5.17. The molecule has 1 N–H and O–H groups in total. The largest absolute Gasteiger partial charge is 0.313 e. The van der Waals surface area contributed by atoms with E-state index in [9.17, 15) is 8.42 Å². The molecule has 0 heterocycles. The van der Waals surface area contributed by atoms with Gasteiger partial charge in [0.05, 0.1) is 11.5 Å². The molecular formula is C15H29NO2S. The van der Waals surface area contributed by atoms with Crippen molar-refractivity contribution in [1.29, 1.82) is 0 Å². The summed E-state index contributed by atoms with van der Waals surface area (Å²) in [5, 5.41) is 3.46. The maximum absolute atomic E-state index is 12.1. The van der Waals surface area contributed by atoms with E-state index in [1.165, 1.54) is 51.4 Å². The molecule has 0 aromatic heterocycles. The molecule has 0 aromatic rings. The second-order valence-electron chi connectivity index (χ2n) is 6.41. The van der Waals surface area contributed by atoms with Crippen LogP contribution < -0.4 is 5.32 Å². The molecule has 2 aliphatic carbocycles. The van der Waals surface area contributed by atoms with E-state index in [1.807, 2.05) is 0 Å². The SMILES string of the molecule is O=S(=O)(CCNC1CCCCCC1)CC1CCCC1. The first-order valence-corrected chi connectivity index (χ1v) is 9.92. The lowest BCUT2D eigenvalue weighted by molar-refractivity contribution is 0.470. The van der Waals surface area contributed by atoms with Crippen LogP contribution in [0.1, 0.15) is 64.2 Å². The molecule has 19 heavy (non-hydrogen) atoms. The Morgan fingerprint density at radius 2 is 1.42 bits per heavy atom. The summed E-state index contributed by atoms with van der Waals surface area (Å²) in [6, 6.07) is 0.559. The molecule has 112 valence electrons. The third kappa shape index (κ3) is 5.82. The normalized spacial score (nSPS) is 23.6. The maximum Gasteiger partial charge on any atom is 0.151 e. The van der Waals surface area contributed by atoms with Gasteiger partial charge in [-0.15, -0.1) is 0 Å². The zero-order valence-corrected chi connectivity index (χ0v) is 12.9. The lowest BCUT2D eigenvalue weighted by Crippen LogP contribution is -2.33. The van der Waals surface area contributed by atoms with E-state index in [0.29, 0.717) is 30.0 Å². The minimum absolute atomic E-state index is 0.333. The minimum atomic E-state index is -2.84. The van der Waals surface area contributed by atoms with E-state index < -0.39 is 9.84 Å². The first-order chi connectivity index (χ1) is 9.16.